The Hall–Kier alpha value is -1.38. The minimum absolute atomic E-state index is 0.00458. The number of anilines is 2. The summed E-state index contributed by atoms with van der Waals surface area (Å²) in [6.45, 7) is 8.55. The van der Waals surface area contributed by atoms with Crippen LogP contribution in [0.15, 0.2) is 24.3 Å². The van der Waals surface area contributed by atoms with Gasteiger partial charge >= 0.3 is 0 Å². The van der Waals surface area contributed by atoms with E-state index in [1.54, 1.807) is 25.7 Å². The quantitative estimate of drug-likeness (QED) is 0.628. The van der Waals surface area contributed by atoms with Gasteiger partial charge in [0, 0.05) is 30.5 Å². The average Bonchev–Trinajstić information content (AvgIpc) is 2.70. The highest BCUT2D eigenvalue weighted by Gasteiger charge is 2.32. The van der Waals surface area contributed by atoms with Crippen LogP contribution < -0.4 is 14.9 Å². The fourth-order valence-electron chi connectivity index (χ4n) is 4.24. The number of morpholine rings is 1. The molecule has 1 aliphatic carbocycles. The monoisotopic (exact) mass is 441 g/mol. The Morgan fingerprint density at radius 3 is 2.37 bits per heavy atom. The first-order valence-corrected chi connectivity index (χ1v) is 12.6. The molecule has 2 aliphatic rings. The Morgan fingerprint density at radius 2 is 1.77 bits per heavy atom. The van der Waals surface area contributed by atoms with Gasteiger partial charge in [-0.25, -0.2) is 17.5 Å². The zero-order valence-corrected chi connectivity index (χ0v) is 19.3. The predicted molar refractivity (Wildman–Crippen MR) is 120 cm³/mol. The molecule has 8 heteroatoms. The average molecular weight is 442 g/mol. The maximum absolute atomic E-state index is 14.5. The van der Waals surface area contributed by atoms with E-state index in [0.29, 0.717) is 12.5 Å². The highest BCUT2D eigenvalue weighted by molar-refractivity contribution is 7.90. The van der Waals surface area contributed by atoms with Crippen LogP contribution in [0.1, 0.15) is 53.4 Å². The highest BCUT2D eigenvalue weighted by atomic mass is 32.2. The zero-order chi connectivity index (χ0) is 21.9. The number of nitrogens with one attached hydrogen (secondary N) is 2. The lowest BCUT2D eigenvalue weighted by Gasteiger charge is -2.39. The van der Waals surface area contributed by atoms with Crippen molar-refractivity contribution in [1.82, 2.24) is 4.72 Å². The van der Waals surface area contributed by atoms with Gasteiger partial charge in [-0.05, 0) is 83.6 Å². The molecule has 30 heavy (non-hydrogen) atoms. The fraction of sp³-hybridized carbons (Fsp3) is 0.727. The van der Waals surface area contributed by atoms with Gasteiger partial charge in [-0.15, -0.1) is 0 Å². The number of hydrogen-bond donors (Lipinski definition) is 2. The molecule has 170 valence electrons. The molecule has 2 fully saturated rings. The van der Waals surface area contributed by atoms with Gasteiger partial charge in [-0.3, -0.25) is 0 Å². The van der Waals surface area contributed by atoms with E-state index in [2.05, 4.69) is 10.0 Å². The van der Waals surface area contributed by atoms with Crippen LogP contribution in [-0.4, -0.2) is 51.3 Å². The SMILES string of the molecule is CC1CN(c2ccc(NCC3CCC(NS(=O)(=O)C(C)C)CC3)cc2)C(F)C(C)O1. The number of nitrogens with zero attached hydrogens (tertiary/aromatic N) is 1. The molecule has 1 aliphatic heterocycles. The van der Waals surface area contributed by atoms with E-state index in [4.69, 9.17) is 4.74 Å². The van der Waals surface area contributed by atoms with Gasteiger partial charge in [0.05, 0.1) is 11.4 Å². The normalized spacial score (nSPS) is 30.5. The van der Waals surface area contributed by atoms with E-state index in [1.165, 1.54) is 0 Å². The van der Waals surface area contributed by atoms with Crippen LogP contribution in [0.3, 0.4) is 0 Å². The van der Waals surface area contributed by atoms with Crippen LogP contribution in [0, 0.1) is 5.92 Å². The van der Waals surface area contributed by atoms with Crippen molar-refractivity contribution in [1.29, 1.82) is 0 Å². The standard InChI is InChI=1S/C22H36FN3O3S/c1-15(2)30(27,28)25-20-7-5-18(6-8-20)13-24-19-9-11-21(12-10-19)26-14-16(3)29-17(4)22(26)23/h9-12,15-18,20,22,24-25H,5-8,13-14H2,1-4H3. The molecular formula is C22H36FN3O3S. The van der Waals surface area contributed by atoms with Gasteiger partial charge in [0.15, 0.2) is 6.30 Å². The number of hydrogen-bond acceptors (Lipinski definition) is 5. The van der Waals surface area contributed by atoms with Crippen LogP contribution in [0.25, 0.3) is 0 Å². The van der Waals surface area contributed by atoms with E-state index >= 15 is 0 Å². The summed E-state index contributed by atoms with van der Waals surface area (Å²) in [5.74, 6) is 0.528. The van der Waals surface area contributed by atoms with Gasteiger partial charge in [0.1, 0.15) is 6.10 Å². The summed E-state index contributed by atoms with van der Waals surface area (Å²) in [6, 6.07) is 7.96. The lowest BCUT2D eigenvalue weighted by molar-refractivity contribution is -0.0614. The third kappa shape index (κ3) is 5.86. The number of ether oxygens (including phenoxy) is 1. The molecule has 3 rings (SSSR count). The fourth-order valence-corrected chi connectivity index (χ4v) is 5.21. The Labute approximate surface area is 180 Å². The summed E-state index contributed by atoms with van der Waals surface area (Å²) in [6.07, 6.45) is 2.19. The number of halogens is 1. The first kappa shape index (κ1) is 23.3. The van der Waals surface area contributed by atoms with Crippen LogP contribution in [0.2, 0.25) is 0 Å². The molecule has 0 aromatic heterocycles. The van der Waals surface area contributed by atoms with Crippen molar-refractivity contribution in [3.63, 3.8) is 0 Å². The Bertz CT molecular complexity index is 779. The van der Waals surface area contributed by atoms with E-state index in [-0.39, 0.29) is 12.1 Å². The second-order valence-electron chi connectivity index (χ2n) is 9.03. The molecule has 1 saturated carbocycles. The first-order chi connectivity index (χ1) is 14.2. The van der Waals surface area contributed by atoms with Crippen molar-refractivity contribution in [3.05, 3.63) is 24.3 Å². The van der Waals surface area contributed by atoms with Gasteiger partial charge in [0.25, 0.3) is 0 Å². The molecule has 3 unspecified atom stereocenters. The highest BCUT2D eigenvalue weighted by Crippen LogP contribution is 2.28. The van der Waals surface area contributed by atoms with Crippen molar-refractivity contribution in [3.8, 4) is 0 Å². The molecular weight excluding hydrogens is 405 g/mol. The van der Waals surface area contributed by atoms with Crippen molar-refractivity contribution in [2.75, 3.05) is 23.3 Å². The summed E-state index contributed by atoms with van der Waals surface area (Å²) in [4.78, 5) is 1.77. The van der Waals surface area contributed by atoms with Crippen LogP contribution in [0.5, 0.6) is 0 Å². The molecule has 0 radical (unpaired) electrons. The molecule has 3 atom stereocenters. The number of sulfonamides is 1. The van der Waals surface area contributed by atoms with Gasteiger partial charge in [0.2, 0.25) is 10.0 Å². The van der Waals surface area contributed by atoms with Crippen LogP contribution in [-0.2, 0) is 14.8 Å². The van der Waals surface area contributed by atoms with Crippen molar-refractivity contribution in [2.24, 2.45) is 5.92 Å². The maximum atomic E-state index is 14.5. The smallest absolute Gasteiger partial charge is 0.214 e. The second-order valence-corrected chi connectivity index (χ2v) is 11.3. The molecule has 0 bridgehead atoms. The molecule has 6 nitrogen and oxygen atoms in total. The third-order valence-electron chi connectivity index (χ3n) is 6.18. The summed E-state index contributed by atoms with van der Waals surface area (Å²) in [7, 11) is -3.20. The van der Waals surface area contributed by atoms with Crippen molar-refractivity contribution >= 4 is 21.4 Å². The van der Waals surface area contributed by atoms with E-state index in [9.17, 15) is 12.8 Å². The Morgan fingerprint density at radius 1 is 1.13 bits per heavy atom. The molecule has 2 N–H and O–H groups in total. The predicted octanol–water partition coefficient (Wildman–Crippen LogP) is 3.89. The molecule has 0 spiro atoms. The van der Waals surface area contributed by atoms with E-state index < -0.39 is 27.7 Å². The van der Waals surface area contributed by atoms with Gasteiger partial charge in [-0.2, -0.15) is 0 Å². The molecule has 1 aromatic rings. The van der Waals surface area contributed by atoms with Crippen molar-refractivity contribution in [2.45, 2.75) is 83.2 Å². The molecule has 1 heterocycles. The Kier molecular flexibility index (Phi) is 7.63. The third-order valence-corrected chi connectivity index (χ3v) is 8.08. The van der Waals surface area contributed by atoms with Gasteiger partial charge in [-0.1, -0.05) is 0 Å². The molecule has 0 amide bonds. The number of benzene rings is 1. The lowest BCUT2D eigenvalue weighted by Crippen LogP contribution is -2.51. The zero-order valence-electron chi connectivity index (χ0n) is 18.5. The van der Waals surface area contributed by atoms with E-state index in [1.807, 2.05) is 31.2 Å². The topological polar surface area (TPSA) is 70.7 Å². The first-order valence-electron chi connectivity index (χ1n) is 11.1. The van der Waals surface area contributed by atoms with Crippen molar-refractivity contribution < 1.29 is 17.5 Å². The second kappa shape index (κ2) is 9.83. The summed E-state index contributed by atoms with van der Waals surface area (Å²) in [5.41, 5.74) is 1.89. The maximum Gasteiger partial charge on any atom is 0.214 e. The largest absolute Gasteiger partial charge is 0.385 e. The minimum atomic E-state index is -3.20. The number of rotatable bonds is 7. The van der Waals surface area contributed by atoms with Crippen LogP contribution >= 0.6 is 0 Å². The number of alkyl halides is 1. The minimum Gasteiger partial charge on any atom is -0.385 e. The van der Waals surface area contributed by atoms with Gasteiger partial charge < -0.3 is 15.0 Å². The summed E-state index contributed by atoms with van der Waals surface area (Å²) >= 11 is 0. The summed E-state index contributed by atoms with van der Waals surface area (Å²) < 4.78 is 47.0. The molecule has 1 saturated heterocycles. The van der Waals surface area contributed by atoms with E-state index in [0.717, 1.165) is 43.6 Å². The molecule has 1 aromatic carbocycles. The lowest BCUT2D eigenvalue weighted by atomic mass is 9.86. The Balaban J connectivity index is 1.46. The summed E-state index contributed by atoms with van der Waals surface area (Å²) in [5, 5.41) is 3.09. The van der Waals surface area contributed by atoms with Crippen LogP contribution in [0.4, 0.5) is 15.8 Å².